The molecule has 0 heterocycles. The molecule has 0 aromatic heterocycles. The molecule has 0 aliphatic rings. The average molecular weight is 444 g/mol. The van der Waals surface area contributed by atoms with Crippen LogP contribution in [0.4, 0.5) is 4.39 Å². The van der Waals surface area contributed by atoms with Crippen molar-refractivity contribution in [1.29, 1.82) is 0 Å². The zero-order valence-electron chi connectivity index (χ0n) is 19.4. The van der Waals surface area contributed by atoms with E-state index < -0.39 is 5.82 Å². The van der Waals surface area contributed by atoms with Crippen LogP contribution in [0, 0.1) is 5.82 Å². The summed E-state index contributed by atoms with van der Waals surface area (Å²) in [6.07, 6.45) is 4.21. The quantitative estimate of drug-likeness (QED) is 0.217. The maximum Gasteiger partial charge on any atom is 0.257 e. The van der Waals surface area contributed by atoms with Crippen molar-refractivity contribution in [3.63, 3.8) is 0 Å². The van der Waals surface area contributed by atoms with Crippen molar-refractivity contribution in [1.82, 2.24) is 4.90 Å². The molecule has 0 fully saturated rings. The summed E-state index contributed by atoms with van der Waals surface area (Å²) in [4.78, 5) is 14.4. The monoisotopic (exact) mass is 443 g/mol. The molecule has 1 amide bonds. The normalized spacial score (nSPS) is 11.3. The lowest BCUT2D eigenvalue weighted by Gasteiger charge is -2.31. The van der Waals surface area contributed by atoms with Crippen molar-refractivity contribution in [2.75, 3.05) is 13.2 Å². The number of hydrogen-bond donors (Lipinski definition) is 1. The van der Waals surface area contributed by atoms with Gasteiger partial charge in [-0.3, -0.25) is 4.79 Å². The van der Waals surface area contributed by atoms with E-state index in [1.165, 1.54) is 12.1 Å². The van der Waals surface area contributed by atoms with E-state index in [2.05, 4.69) is 5.10 Å². The highest BCUT2D eigenvalue weighted by Crippen LogP contribution is 2.21. The van der Waals surface area contributed by atoms with E-state index in [0.717, 1.165) is 30.6 Å². The van der Waals surface area contributed by atoms with Crippen LogP contribution in [0.5, 0.6) is 11.5 Å². The number of carbonyl (C=O) groups is 1. The molecular formula is C25H34FN3O3. The van der Waals surface area contributed by atoms with Gasteiger partial charge in [0.25, 0.3) is 5.91 Å². The Hall–Kier alpha value is -3.09. The van der Waals surface area contributed by atoms with Gasteiger partial charge in [-0.2, -0.15) is 5.10 Å². The minimum Gasteiger partial charge on any atom is -0.494 e. The molecule has 0 unspecified atom stereocenters. The van der Waals surface area contributed by atoms with E-state index >= 15 is 0 Å². The van der Waals surface area contributed by atoms with E-state index in [1.807, 2.05) is 52.0 Å². The zero-order valence-corrected chi connectivity index (χ0v) is 19.4. The molecule has 7 heteroatoms. The van der Waals surface area contributed by atoms with Crippen molar-refractivity contribution < 1.29 is 18.7 Å². The van der Waals surface area contributed by atoms with Crippen LogP contribution >= 0.6 is 0 Å². The van der Waals surface area contributed by atoms with Crippen molar-refractivity contribution in [3.05, 3.63) is 59.4 Å². The number of nitrogens with zero attached hydrogens (tertiary/aromatic N) is 2. The summed E-state index contributed by atoms with van der Waals surface area (Å²) in [5.41, 5.74) is 0.989. The Morgan fingerprint density at radius 3 is 2.06 bits per heavy atom. The topological polar surface area (TPSA) is 77.2 Å². The summed E-state index contributed by atoms with van der Waals surface area (Å²) < 4.78 is 25.9. The Kier molecular flexibility index (Phi) is 9.98. The number of rotatable bonds is 12. The maximum absolute atomic E-state index is 14.5. The van der Waals surface area contributed by atoms with Crippen molar-refractivity contribution in [3.8, 4) is 11.5 Å². The zero-order chi connectivity index (χ0) is 23.5. The van der Waals surface area contributed by atoms with E-state index in [9.17, 15) is 9.18 Å². The number of hydrazone groups is 1. The fourth-order valence-electron chi connectivity index (χ4n) is 3.46. The second kappa shape index (κ2) is 12.7. The van der Waals surface area contributed by atoms with Gasteiger partial charge < -0.3 is 20.2 Å². The van der Waals surface area contributed by atoms with E-state index in [1.54, 1.807) is 17.2 Å². The van der Waals surface area contributed by atoms with Gasteiger partial charge in [-0.25, -0.2) is 4.39 Å². The van der Waals surface area contributed by atoms with Gasteiger partial charge in [-0.15, -0.1) is 0 Å². The Morgan fingerprint density at radius 2 is 1.53 bits per heavy atom. The number of benzene rings is 2. The fraction of sp³-hybridized carbons (Fsp3) is 0.440. The van der Waals surface area contributed by atoms with E-state index in [4.69, 9.17) is 15.3 Å². The highest BCUT2D eigenvalue weighted by molar-refractivity contribution is 5.95. The van der Waals surface area contributed by atoms with Crippen LogP contribution in [0.1, 0.15) is 62.9 Å². The van der Waals surface area contributed by atoms with Gasteiger partial charge >= 0.3 is 0 Å². The molecule has 174 valence electrons. The average Bonchev–Trinajstić information content (AvgIpc) is 2.74. The SMILES string of the molecule is CC(C)N(C(=O)c1ccc(OCCCCCOc2ccc(C=NN)cc2)cc1F)C(C)C. The van der Waals surface area contributed by atoms with Gasteiger partial charge in [0.15, 0.2) is 0 Å². The highest BCUT2D eigenvalue weighted by Gasteiger charge is 2.24. The van der Waals surface area contributed by atoms with Crippen LogP contribution in [0.2, 0.25) is 0 Å². The third-order valence-corrected chi connectivity index (χ3v) is 4.95. The van der Waals surface area contributed by atoms with Gasteiger partial charge in [-0.05, 0) is 88.9 Å². The first-order chi connectivity index (χ1) is 15.3. The maximum atomic E-state index is 14.5. The number of halogens is 1. The first-order valence-corrected chi connectivity index (χ1v) is 11.0. The molecule has 2 aromatic rings. The lowest BCUT2D eigenvalue weighted by molar-refractivity contribution is 0.0639. The molecule has 0 atom stereocenters. The third-order valence-electron chi connectivity index (χ3n) is 4.95. The minimum atomic E-state index is -0.559. The molecular weight excluding hydrogens is 409 g/mol. The summed E-state index contributed by atoms with van der Waals surface area (Å²) in [6.45, 7) is 8.78. The number of carbonyl (C=O) groups excluding carboxylic acids is 1. The van der Waals surface area contributed by atoms with Gasteiger partial charge in [0.05, 0.1) is 25.0 Å². The Labute approximate surface area is 190 Å². The highest BCUT2D eigenvalue weighted by atomic mass is 19.1. The summed E-state index contributed by atoms with van der Waals surface area (Å²) in [5.74, 6) is 5.49. The van der Waals surface area contributed by atoms with Gasteiger partial charge in [0.1, 0.15) is 17.3 Å². The van der Waals surface area contributed by atoms with Crippen LogP contribution in [-0.4, -0.2) is 42.3 Å². The molecule has 2 aromatic carbocycles. The number of ether oxygens (including phenoxy) is 2. The predicted octanol–water partition coefficient (Wildman–Crippen LogP) is 5.01. The van der Waals surface area contributed by atoms with Gasteiger partial charge in [0.2, 0.25) is 0 Å². The van der Waals surface area contributed by atoms with Crippen molar-refractivity contribution in [2.45, 2.75) is 59.0 Å². The van der Waals surface area contributed by atoms with Crippen LogP contribution in [-0.2, 0) is 0 Å². The second-order valence-electron chi connectivity index (χ2n) is 8.15. The third kappa shape index (κ3) is 7.55. The van der Waals surface area contributed by atoms with E-state index in [-0.39, 0.29) is 23.6 Å². The molecule has 2 rings (SSSR count). The smallest absolute Gasteiger partial charge is 0.257 e. The minimum absolute atomic E-state index is 0.00761. The fourth-order valence-corrected chi connectivity index (χ4v) is 3.46. The van der Waals surface area contributed by atoms with Crippen molar-refractivity contribution >= 4 is 12.1 Å². The molecule has 0 radical (unpaired) electrons. The van der Waals surface area contributed by atoms with Crippen LogP contribution in [0.15, 0.2) is 47.6 Å². The number of amides is 1. The Balaban J connectivity index is 1.72. The molecule has 32 heavy (non-hydrogen) atoms. The number of nitrogens with two attached hydrogens (primary N) is 1. The standard InChI is InChI=1S/C25H34FN3O3/c1-18(2)29(19(3)4)25(30)23-13-12-22(16-24(23)26)32-15-7-5-6-14-31-21-10-8-20(9-11-21)17-28-27/h8-13,16-19H,5-7,14-15,27H2,1-4H3. The number of hydrogen-bond acceptors (Lipinski definition) is 5. The molecule has 0 aliphatic heterocycles. The summed E-state index contributed by atoms with van der Waals surface area (Å²) in [6, 6.07) is 12.0. The molecule has 6 nitrogen and oxygen atoms in total. The first-order valence-electron chi connectivity index (χ1n) is 11.0. The molecule has 0 aliphatic carbocycles. The van der Waals surface area contributed by atoms with Gasteiger partial charge in [0, 0.05) is 18.2 Å². The summed E-state index contributed by atoms with van der Waals surface area (Å²) in [7, 11) is 0. The molecule has 0 saturated heterocycles. The number of unbranched alkanes of at least 4 members (excludes halogenated alkanes) is 2. The second-order valence-corrected chi connectivity index (χ2v) is 8.15. The van der Waals surface area contributed by atoms with Crippen molar-refractivity contribution in [2.24, 2.45) is 10.9 Å². The lowest BCUT2D eigenvalue weighted by atomic mass is 10.1. The molecule has 2 N–H and O–H groups in total. The summed E-state index contributed by atoms with van der Waals surface area (Å²) >= 11 is 0. The van der Waals surface area contributed by atoms with Crippen LogP contribution < -0.4 is 15.3 Å². The predicted molar refractivity (Wildman–Crippen MR) is 126 cm³/mol. The van der Waals surface area contributed by atoms with E-state index in [0.29, 0.717) is 19.0 Å². The van der Waals surface area contributed by atoms with Crippen LogP contribution in [0.3, 0.4) is 0 Å². The Morgan fingerprint density at radius 1 is 0.969 bits per heavy atom. The molecule has 0 spiro atoms. The lowest BCUT2D eigenvalue weighted by Crippen LogP contribution is -2.42. The molecule has 0 saturated carbocycles. The summed E-state index contributed by atoms with van der Waals surface area (Å²) in [5, 5.41) is 3.48. The Bertz CT molecular complexity index is 875. The van der Waals surface area contributed by atoms with Crippen LogP contribution in [0.25, 0.3) is 0 Å². The molecule has 0 bridgehead atoms. The van der Waals surface area contributed by atoms with Gasteiger partial charge in [-0.1, -0.05) is 0 Å². The first kappa shape index (κ1) is 25.2. The largest absolute Gasteiger partial charge is 0.494 e.